The highest BCUT2D eigenvalue weighted by Gasteiger charge is 2.67. The van der Waals surface area contributed by atoms with E-state index in [2.05, 4.69) is 25.9 Å². The lowest BCUT2D eigenvalue weighted by atomic mass is 9.58. The van der Waals surface area contributed by atoms with Crippen molar-refractivity contribution < 1.29 is 43.3 Å². The number of aryl methyl sites for hydroxylation is 1. The molecule has 3 N–H and O–H groups in total. The highest BCUT2D eigenvalue weighted by molar-refractivity contribution is 6.74. The van der Waals surface area contributed by atoms with Gasteiger partial charge >= 0.3 is 0 Å². The van der Waals surface area contributed by atoms with Crippen LogP contribution in [0, 0.1) is 18.8 Å². The van der Waals surface area contributed by atoms with Gasteiger partial charge in [0, 0.05) is 34.1 Å². The molecular weight excluding hydrogens is 669 g/mol. The van der Waals surface area contributed by atoms with Crippen LogP contribution < -0.4 is 9.47 Å². The quantitative estimate of drug-likeness (QED) is 0.209. The van der Waals surface area contributed by atoms with E-state index in [4.69, 9.17) is 18.4 Å². The summed E-state index contributed by atoms with van der Waals surface area (Å²) in [5.41, 5.74) is 1.50. The number of benzene rings is 2. The van der Waals surface area contributed by atoms with Gasteiger partial charge in [0.15, 0.2) is 25.5 Å². The molecule has 0 saturated heterocycles. The van der Waals surface area contributed by atoms with Gasteiger partial charge in [0.1, 0.15) is 23.7 Å². The van der Waals surface area contributed by atoms with Gasteiger partial charge in [0.2, 0.25) is 5.78 Å². The Morgan fingerprint density at radius 2 is 1.76 bits per heavy atom. The van der Waals surface area contributed by atoms with E-state index >= 15 is 4.79 Å². The van der Waals surface area contributed by atoms with Crippen molar-refractivity contribution in [3.8, 4) is 11.6 Å². The zero-order valence-corrected chi connectivity index (χ0v) is 32.0. The number of hydrogen-bond donors (Lipinski definition) is 3. The van der Waals surface area contributed by atoms with E-state index in [1.807, 2.05) is 62.4 Å². The molecule has 0 aliphatic heterocycles. The van der Waals surface area contributed by atoms with Crippen molar-refractivity contribution in [2.45, 2.75) is 82.8 Å². The Hall–Kier alpha value is -3.81. The fourth-order valence-electron chi connectivity index (χ4n) is 8.06. The molecule has 1 aromatic heterocycles. The smallest absolute Gasteiger partial charge is 0.265 e. The molecule has 0 bridgehead atoms. The number of Topliss-reactive ketones (excluding diaryl/α,β-unsaturated/α-hetero) is 2. The number of hydrogen-bond acceptors (Lipinski definition) is 11. The third-order valence-corrected chi connectivity index (χ3v) is 16.0. The second-order valence-electron chi connectivity index (χ2n) is 15.9. The maximum Gasteiger partial charge on any atom is 0.265 e. The number of rotatable bonds is 10. The number of nitrogens with zero attached hydrogens (tertiary/aromatic N) is 2. The summed E-state index contributed by atoms with van der Waals surface area (Å²) in [7, 11) is 2.42. The molecule has 3 aliphatic rings. The Morgan fingerprint density at radius 3 is 2.35 bits per heavy atom. The van der Waals surface area contributed by atoms with Crippen LogP contribution in [0.3, 0.4) is 0 Å². The van der Waals surface area contributed by atoms with Gasteiger partial charge in [-0.25, -0.2) is 0 Å². The summed E-state index contributed by atoms with van der Waals surface area (Å²) in [4.78, 5) is 32.1. The minimum atomic E-state index is -2.86. The Labute approximate surface area is 300 Å². The molecule has 11 nitrogen and oxygen atoms in total. The molecular formula is C39H50N2O9Si. The van der Waals surface area contributed by atoms with Crippen molar-refractivity contribution in [3.63, 3.8) is 0 Å². The number of aliphatic hydroxyl groups excluding tert-OH is 3. The first-order valence-corrected chi connectivity index (χ1v) is 20.4. The predicted molar refractivity (Wildman–Crippen MR) is 193 cm³/mol. The average Bonchev–Trinajstić information content (AvgIpc) is 3.48. The number of methoxy groups -OCH3 is 1. The molecule has 274 valence electrons. The second kappa shape index (κ2) is 13.3. The third-order valence-electron chi connectivity index (χ3n) is 11.6. The first-order valence-electron chi connectivity index (χ1n) is 17.5. The minimum Gasteiger partial charge on any atom is -0.508 e. The highest BCUT2D eigenvalue weighted by atomic mass is 28.4. The van der Waals surface area contributed by atoms with E-state index < -0.39 is 49.3 Å². The maximum atomic E-state index is 15.4. The van der Waals surface area contributed by atoms with Crippen molar-refractivity contribution >= 4 is 19.9 Å². The molecule has 1 heterocycles. The van der Waals surface area contributed by atoms with Crippen molar-refractivity contribution in [3.05, 3.63) is 86.9 Å². The molecule has 2 aromatic carbocycles. The van der Waals surface area contributed by atoms with Crippen molar-refractivity contribution in [1.82, 2.24) is 10.1 Å². The summed E-state index contributed by atoms with van der Waals surface area (Å²) in [6, 6.07) is 10.7. The molecule has 6 rings (SSSR count). The lowest BCUT2D eigenvalue weighted by Gasteiger charge is -2.55. The minimum absolute atomic E-state index is 0.0121. The largest absolute Gasteiger partial charge is 0.508 e. The number of carbonyl (C=O) groups excluding carboxylic acids is 2. The zero-order valence-electron chi connectivity index (χ0n) is 31.0. The molecule has 0 radical (unpaired) electrons. The van der Waals surface area contributed by atoms with E-state index in [-0.39, 0.29) is 47.6 Å². The first kappa shape index (κ1) is 37.0. The normalized spacial score (nSPS) is 23.3. The fraction of sp³-hybridized carbons (Fsp3) is 0.513. The molecule has 0 fully saturated rings. The van der Waals surface area contributed by atoms with E-state index in [1.165, 1.54) is 7.11 Å². The van der Waals surface area contributed by atoms with Crippen molar-refractivity contribution in [2.24, 2.45) is 11.8 Å². The summed E-state index contributed by atoms with van der Waals surface area (Å²) in [6.45, 7) is 11.6. The lowest BCUT2D eigenvalue weighted by Crippen LogP contribution is -2.65. The van der Waals surface area contributed by atoms with Gasteiger partial charge in [-0.3, -0.25) is 14.5 Å². The summed E-state index contributed by atoms with van der Waals surface area (Å²) in [5, 5.41) is 36.8. The monoisotopic (exact) mass is 718 g/mol. The van der Waals surface area contributed by atoms with Crippen LogP contribution in [-0.2, 0) is 17.5 Å². The van der Waals surface area contributed by atoms with Gasteiger partial charge in [-0.05, 0) is 74.2 Å². The van der Waals surface area contributed by atoms with Crippen LogP contribution in [0.4, 0.5) is 0 Å². The molecule has 0 saturated carbocycles. The van der Waals surface area contributed by atoms with Gasteiger partial charge in [0.25, 0.3) is 5.88 Å². The van der Waals surface area contributed by atoms with Crippen LogP contribution in [-0.4, -0.2) is 85.3 Å². The molecule has 3 aromatic rings. The van der Waals surface area contributed by atoms with Gasteiger partial charge < -0.3 is 33.7 Å². The second-order valence-corrected chi connectivity index (χ2v) is 20.6. The molecule has 51 heavy (non-hydrogen) atoms. The van der Waals surface area contributed by atoms with Gasteiger partial charge in [-0.15, -0.1) is 0 Å². The standard InChI is InChI=1S/C39H50N2O9Si/c1-21-15-25(24(18-42)19-43)33(47-7)26-16-23-17-27-31(41(5)6)34-30(37(40-49-34)48-20-22-13-11-10-12-14-22)36(46)39(27,50-51(8,9)38(2,3)4)35(45)29(23)32(44)28(21)26/h10-15,23-24,27,31,42-43,45H,16-20H2,1-9H3/t23-,27-,31-,39-/m0/s1. The van der Waals surface area contributed by atoms with Crippen LogP contribution in [0.25, 0.3) is 0 Å². The number of aromatic nitrogens is 1. The SMILES string of the molecule is COc1c(C(CO)CO)cc(C)c2c1C[C@H]1C[C@H]3[C@H](N(C)C)c4onc(OCc5ccccc5)c4C(=O)[C@@]3(O[Si](C)(C)C(C)(C)C)C(O)=C1C2=O. The summed E-state index contributed by atoms with van der Waals surface area (Å²) < 4.78 is 25.2. The van der Waals surface area contributed by atoms with Crippen LogP contribution >= 0.6 is 0 Å². The lowest BCUT2D eigenvalue weighted by molar-refractivity contribution is -0.0480. The van der Waals surface area contributed by atoms with Crippen LogP contribution in [0.1, 0.15) is 87.9 Å². The predicted octanol–water partition coefficient (Wildman–Crippen LogP) is 6.09. The number of fused-ring (bicyclic) bond motifs is 4. The van der Waals surface area contributed by atoms with Crippen molar-refractivity contribution in [1.29, 1.82) is 0 Å². The van der Waals surface area contributed by atoms with Crippen molar-refractivity contribution in [2.75, 3.05) is 34.4 Å². The van der Waals surface area contributed by atoms with Crippen LogP contribution in [0.2, 0.25) is 18.1 Å². The number of ether oxygens (including phenoxy) is 2. The highest BCUT2D eigenvalue weighted by Crippen LogP contribution is 2.60. The Balaban J connectivity index is 1.59. The molecule has 0 unspecified atom stereocenters. The Kier molecular flexibility index (Phi) is 9.64. The third kappa shape index (κ3) is 5.75. The van der Waals surface area contributed by atoms with Gasteiger partial charge in [-0.2, -0.15) is 0 Å². The average molecular weight is 719 g/mol. The van der Waals surface area contributed by atoms with Crippen LogP contribution in [0.15, 0.2) is 52.3 Å². The molecule has 12 heteroatoms. The summed E-state index contributed by atoms with van der Waals surface area (Å²) >= 11 is 0. The summed E-state index contributed by atoms with van der Waals surface area (Å²) in [6.07, 6.45) is 0.640. The molecule has 4 atom stereocenters. The Bertz CT molecular complexity index is 1870. The van der Waals surface area contributed by atoms with E-state index in [9.17, 15) is 20.1 Å². The maximum absolute atomic E-state index is 15.4. The van der Waals surface area contributed by atoms with Crippen LogP contribution in [0.5, 0.6) is 11.6 Å². The fourth-order valence-corrected chi connectivity index (χ4v) is 9.52. The zero-order chi connectivity index (χ0) is 37.2. The van der Waals surface area contributed by atoms with E-state index in [1.54, 1.807) is 13.0 Å². The topological polar surface area (TPSA) is 152 Å². The Morgan fingerprint density at radius 1 is 1.10 bits per heavy atom. The number of carbonyl (C=O) groups is 2. The molecule has 0 amide bonds. The molecule has 0 spiro atoms. The van der Waals surface area contributed by atoms with E-state index in [0.717, 1.165) is 5.56 Å². The summed E-state index contributed by atoms with van der Waals surface area (Å²) in [5.74, 6) is -2.28. The number of ketones is 2. The first-order chi connectivity index (χ1) is 24.0. The van der Waals surface area contributed by atoms with Gasteiger partial charge in [-0.1, -0.05) is 57.2 Å². The number of allylic oxidation sites excluding steroid dienone is 1. The van der Waals surface area contributed by atoms with E-state index in [0.29, 0.717) is 46.6 Å². The molecule has 3 aliphatic carbocycles. The number of aliphatic hydroxyl groups is 3. The van der Waals surface area contributed by atoms with Gasteiger partial charge in [0.05, 0.1) is 26.4 Å².